The van der Waals surface area contributed by atoms with Gasteiger partial charge in [-0.05, 0) is 37.7 Å². The lowest BCUT2D eigenvalue weighted by molar-refractivity contribution is 0.223. The van der Waals surface area contributed by atoms with E-state index in [1.165, 1.54) is 18.6 Å². The fraction of sp³-hybridized carbons (Fsp3) is 0.588. The summed E-state index contributed by atoms with van der Waals surface area (Å²) in [7, 11) is 3.45. The van der Waals surface area contributed by atoms with E-state index < -0.39 is 0 Å². The second-order valence-electron chi connectivity index (χ2n) is 5.58. The van der Waals surface area contributed by atoms with Crippen molar-refractivity contribution in [1.29, 1.82) is 0 Å². The van der Waals surface area contributed by atoms with Crippen molar-refractivity contribution in [3.8, 4) is 11.5 Å². The Morgan fingerprint density at radius 2 is 2.22 bits per heavy atom. The molecule has 128 valence electrons. The molecule has 2 rings (SSSR count). The van der Waals surface area contributed by atoms with Crippen molar-refractivity contribution in [2.45, 2.75) is 31.1 Å². The molecule has 5 nitrogen and oxygen atoms in total. The fourth-order valence-corrected chi connectivity index (χ4v) is 3.63. The minimum atomic E-state index is 0.0292. The highest BCUT2D eigenvalue weighted by Crippen LogP contribution is 2.25. The first-order chi connectivity index (χ1) is 11.2. The summed E-state index contributed by atoms with van der Waals surface area (Å²) in [6.45, 7) is 3.69. The largest absolute Gasteiger partial charge is 0.497 e. The van der Waals surface area contributed by atoms with Crippen molar-refractivity contribution in [3.05, 3.63) is 24.3 Å². The minimum absolute atomic E-state index is 0.0292. The van der Waals surface area contributed by atoms with E-state index in [2.05, 4.69) is 15.6 Å². The summed E-state index contributed by atoms with van der Waals surface area (Å²) in [5.74, 6) is 3.72. The first-order valence-electron chi connectivity index (χ1n) is 8.08. The Hall–Kier alpha value is -1.56. The molecule has 0 bridgehead atoms. The quantitative estimate of drug-likeness (QED) is 0.591. The van der Waals surface area contributed by atoms with Crippen LogP contribution in [0.1, 0.15) is 19.8 Å². The molecule has 0 saturated carbocycles. The Balaban J connectivity index is 1.72. The normalized spacial score (nSPS) is 19.3. The van der Waals surface area contributed by atoms with Crippen molar-refractivity contribution in [1.82, 2.24) is 10.6 Å². The topological polar surface area (TPSA) is 54.9 Å². The van der Waals surface area contributed by atoms with Gasteiger partial charge in [0.25, 0.3) is 0 Å². The lowest BCUT2D eigenvalue weighted by Gasteiger charge is -2.19. The molecular formula is C17H27N3O2S. The molecule has 2 N–H and O–H groups in total. The van der Waals surface area contributed by atoms with Gasteiger partial charge in [0, 0.05) is 24.9 Å². The summed E-state index contributed by atoms with van der Waals surface area (Å²) in [5, 5.41) is 7.41. The van der Waals surface area contributed by atoms with E-state index in [0.29, 0.717) is 11.8 Å². The molecule has 0 amide bonds. The maximum Gasteiger partial charge on any atom is 0.191 e. The molecule has 0 radical (unpaired) electrons. The summed E-state index contributed by atoms with van der Waals surface area (Å²) >= 11 is 2.04. The molecule has 2 atom stereocenters. The lowest BCUT2D eigenvalue weighted by atomic mass is 10.2. The summed E-state index contributed by atoms with van der Waals surface area (Å²) in [6.07, 6.45) is 2.65. The van der Waals surface area contributed by atoms with Crippen LogP contribution in [0.3, 0.4) is 0 Å². The monoisotopic (exact) mass is 337 g/mol. The van der Waals surface area contributed by atoms with Crippen molar-refractivity contribution >= 4 is 17.7 Å². The first kappa shape index (κ1) is 17.8. The summed E-state index contributed by atoms with van der Waals surface area (Å²) in [5.41, 5.74) is 0. The molecule has 1 aromatic carbocycles. The van der Waals surface area contributed by atoms with Gasteiger partial charge < -0.3 is 20.1 Å². The number of aliphatic imine (C=N–C) groups is 1. The van der Waals surface area contributed by atoms with Crippen LogP contribution in [0, 0.1) is 0 Å². The van der Waals surface area contributed by atoms with E-state index in [1.54, 1.807) is 14.2 Å². The van der Waals surface area contributed by atoms with Crippen LogP contribution in [0.2, 0.25) is 0 Å². The van der Waals surface area contributed by atoms with Gasteiger partial charge in [0.15, 0.2) is 5.96 Å². The van der Waals surface area contributed by atoms with Crippen LogP contribution in [0.5, 0.6) is 11.5 Å². The average Bonchev–Trinajstić information content (AvgIpc) is 3.08. The lowest BCUT2D eigenvalue weighted by Crippen LogP contribution is -2.43. The summed E-state index contributed by atoms with van der Waals surface area (Å²) < 4.78 is 11.1. The highest BCUT2D eigenvalue weighted by Gasteiger charge is 2.15. The van der Waals surface area contributed by atoms with Crippen molar-refractivity contribution in [2.75, 3.05) is 33.0 Å². The Bertz CT molecular complexity index is 504. The Kier molecular flexibility index (Phi) is 7.39. The van der Waals surface area contributed by atoms with E-state index in [4.69, 9.17) is 9.47 Å². The van der Waals surface area contributed by atoms with Crippen LogP contribution < -0.4 is 20.1 Å². The molecule has 1 aliphatic heterocycles. The van der Waals surface area contributed by atoms with Gasteiger partial charge in [-0.2, -0.15) is 11.8 Å². The van der Waals surface area contributed by atoms with Crippen LogP contribution in [0.25, 0.3) is 0 Å². The predicted octanol–water partition coefficient (Wildman–Crippen LogP) is 2.52. The number of nitrogens with zero attached hydrogens (tertiary/aromatic N) is 1. The van der Waals surface area contributed by atoms with E-state index in [9.17, 15) is 0 Å². The molecule has 1 aliphatic rings. The van der Waals surface area contributed by atoms with Crippen LogP contribution in [-0.2, 0) is 0 Å². The molecule has 1 aromatic rings. The molecular weight excluding hydrogens is 310 g/mol. The number of guanidine groups is 1. The molecule has 23 heavy (non-hydrogen) atoms. The van der Waals surface area contributed by atoms with Crippen LogP contribution >= 0.6 is 11.8 Å². The van der Waals surface area contributed by atoms with E-state index >= 15 is 0 Å². The molecule has 0 spiro atoms. The number of rotatable bonds is 7. The van der Waals surface area contributed by atoms with Crippen LogP contribution in [0.4, 0.5) is 0 Å². The van der Waals surface area contributed by atoms with Gasteiger partial charge in [0.2, 0.25) is 0 Å². The smallest absolute Gasteiger partial charge is 0.191 e. The number of thioether (sulfide) groups is 1. The standard InChI is InChI=1S/C17H27N3O2S/c1-13(22-15-7-4-6-14(10-15)21-3)11-19-17(18-2)20-12-16-8-5-9-23-16/h4,6-7,10,13,16H,5,8-9,11-12H2,1-3H3,(H2,18,19,20). The van der Waals surface area contributed by atoms with E-state index in [1.807, 2.05) is 43.0 Å². The fourth-order valence-electron chi connectivity index (χ4n) is 2.43. The maximum absolute atomic E-state index is 5.90. The van der Waals surface area contributed by atoms with Crippen molar-refractivity contribution in [2.24, 2.45) is 4.99 Å². The average molecular weight is 337 g/mol. The highest BCUT2D eigenvalue weighted by molar-refractivity contribution is 8.00. The van der Waals surface area contributed by atoms with Gasteiger partial charge in [-0.3, -0.25) is 4.99 Å². The SMILES string of the molecule is CN=C(NCC(C)Oc1cccc(OC)c1)NCC1CCCS1. The molecule has 6 heteroatoms. The van der Waals surface area contributed by atoms with Gasteiger partial charge in [-0.15, -0.1) is 0 Å². The minimum Gasteiger partial charge on any atom is -0.497 e. The highest BCUT2D eigenvalue weighted by atomic mass is 32.2. The third kappa shape index (κ3) is 6.22. The number of benzene rings is 1. The molecule has 1 heterocycles. The maximum atomic E-state index is 5.90. The van der Waals surface area contributed by atoms with Gasteiger partial charge in [0.1, 0.15) is 17.6 Å². The zero-order valence-corrected chi connectivity index (χ0v) is 15.0. The van der Waals surface area contributed by atoms with Crippen molar-refractivity contribution in [3.63, 3.8) is 0 Å². The third-order valence-electron chi connectivity index (χ3n) is 3.68. The Labute approximate surface area is 143 Å². The number of hydrogen-bond donors (Lipinski definition) is 2. The predicted molar refractivity (Wildman–Crippen MR) is 97.9 cm³/mol. The van der Waals surface area contributed by atoms with Crippen molar-refractivity contribution < 1.29 is 9.47 Å². The van der Waals surface area contributed by atoms with Gasteiger partial charge in [-0.25, -0.2) is 0 Å². The number of methoxy groups -OCH3 is 1. The Morgan fingerprint density at radius 3 is 2.91 bits per heavy atom. The second-order valence-corrected chi connectivity index (χ2v) is 6.98. The summed E-state index contributed by atoms with van der Waals surface area (Å²) in [4.78, 5) is 4.26. The molecule has 0 aliphatic carbocycles. The molecule has 0 aromatic heterocycles. The first-order valence-corrected chi connectivity index (χ1v) is 9.13. The number of hydrogen-bond acceptors (Lipinski definition) is 4. The zero-order chi connectivity index (χ0) is 16.5. The van der Waals surface area contributed by atoms with Gasteiger partial charge >= 0.3 is 0 Å². The number of nitrogens with one attached hydrogen (secondary N) is 2. The Morgan fingerprint density at radius 1 is 1.39 bits per heavy atom. The van der Waals surface area contributed by atoms with E-state index in [0.717, 1.165) is 24.0 Å². The molecule has 2 unspecified atom stereocenters. The summed E-state index contributed by atoms with van der Waals surface area (Å²) in [6, 6.07) is 7.65. The van der Waals surface area contributed by atoms with Crippen LogP contribution in [0.15, 0.2) is 29.3 Å². The van der Waals surface area contributed by atoms with Crippen LogP contribution in [-0.4, -0.2) is 50.3 Å². The molecule has 1 saturated heterocycles. The van der Waals surface area contributed by atoms with Gasteiger partial charge in [0.05, 0.1) is 13.7 Å². The third-order valence-corrected chi connectivity index (χ3v) is 5.08. The van der Waals surface area contributed by atoms with E-state index in [-0.39, 0.29) is 6.10 Å². The zero-order valence-electron chi connectivity index (χ0n) is 14.2. The van der Waals surface area contributed by atoms with Gasteiger partial charge in [-0.1, -0.05) is 6.07 Å². The second kappa shape index (κ2) is 9.55. The number of ether oxygens (including phenoxy) is 2. The molecule has 1 fully saturated rings.